The number of rotatable bonds is 1. The van der Waals surface area contributed by atoms with Crippen LogP contribution in [0, 0.1) is 21.6 Å². The molecule has 7 heteroatoms. The summed E-state index contributed by atoms with van der Waals surface area (Å²) < 4.78 is 0. The Kier molecular flexibility index (Phi) is 3.67. The van der Waals surface area contributed by atoms with E-state index >= 15 is 0 Å². The minimum atomic E-state index is -0.797. The molecule has 7 nitrogen and oxygen atoms in total. The van der Waals surface area contributed by atoms with Gasteiger partial charge in [-0.1, -0.05) is 0 Å². The smallest absolute Gasteiger partial charge is 0.284 e. The van der Waals surface area contributed by atoms with Crippen molar-refractivity contribution in [2.75, 3.05) is 13.1 Å². The van der Waals surface area contributed by atoms with Crippen molar-refractivity contribution in [2.24, 2.45) is 5.10 Å². The van der Waals surface area contributed by atoms with E-state index in [1.165, 1.54) is 0 Å². The van der Waals surface area contributed by atoms with Gasteiger partial charge in [0.05, 0.1) is 0 Å². The summed E-state index contributed by atoms with van der Waals surface area (Å²) in [6, 6.07) is 0. The molecule has 1 aliphatic heterocycles. The molecule has 1 rings (SSSR count). The fourth-order valence-electron chi connectivity index (χ4n) is 1.40. The van der Waals surface area contributed by atoms with Crippen LogP contribution in [0.25, 0.3) is 0 Å². The number of nitro groups is 1. The van der Waals surface area contributed by atoms with Gasteiger partial charge in [0.15, 0.2) is 11.2 Å². The Morgan fingerprint density at radius 2 is 2.14 bits per heavy atom. The highest BCUT2D eigenvalue weighted by Crippen LogP contribution is 2.08. The number of guanidine groups is 1. The summed E-state index contributed by atoms with van der Waals surface area (Å²) in [7, 11) is 0. The molecule has 0 atom stereocenters. The van der Waals surface area contributed by atoms with Gasteiger partial charge in [0.25, 0.3) is 5.96 Å². The van der Waals surface area contributed by atoms with Crippen molar-refractivity contribution in [1.29, 1.82) is 5.26 Å². The minimum Gasteiger partial charge on any atom is -0.337 e. The largest absolute Gasteiger partial charge is 0.337 e. The molecular weight excluding hydrogens is 186 g/mol. The fraction of sp³-hybridized carbons (Fsp3) is 0.714. The molecule has 0 bridgehead atoms. The molecule has 0 unspecified atom stereocenters. The summed E-state index contributed by atoms with van der Waals surface area (Å²) in [6.07, 6.45) is 4.72. The average molecular weight is 197 g/mol. The number of likely N-dealkylation sites (tertiary alicyclic amines) is 1. The van der Waals surface area contributed by atoms with Crippen LogP contribution in [0.2, 0.25) is 0 Å². The maximum atomic E-state index is 10.2. The number of hydrogen-bond donors (Lipinski definition) is 1. The van der Waals surface area contributed by atoms with Gasteiger partial charge in [-0.15, -0.1) is 0 Å². The number of nitrogens with one attached hydrogen (secondary N) is 1. The molecule has 0 aliphatic carbocycles. The molecule has 0 saturated carbocycles. The van der Waals surface area contributed by atoms with Gasteiger partial charge in [0, 0.05) is 13.1 Å². The molecule has 1 saturated heterocycles. The molecule has 0 aromatic rings. The quantitative estimate of drug-likeness (QED) is 0.160. The van der Waals surface area contributed by atoms with E-state index < -0.39 is 5.03 Å². The highest BCUT2D eigenvalue weighted by molar-refractivity contribution is 5.80. The van der Waals surface area contributed by atoms with Gasteiger partial charge in [0.2, 0.25) is 0 Å². The molecule has 76 valence electrons. The molecule has 1 fully saturated rings. The van der Waals surface area contributed by atoms with E-state index in [4.69, 9.17) is 5.26 Å². The molecule has 0 aromatic carbocycles. The van der Waals surface area contributed by atoms with E-state index in [0.717, 1.165) is 19.3 Å². The monoisotopic (exact) mass is 197 g/mol. The minimum absolute atomic E-state index is 0.0391. The third-order valence-electron chi connectivity index (χ3n) is 2.00. The Hall–Kier alpha value is -1.84. The molecule has 0 aromatic heterocycles. The Bertz CT molecular complexity index is 276. The standard InChI is InChI=1S/C7H11N5O2/c8-6-9-7(10-12(13)14)11-4-2-1-3-5-11/h1-5H2,(H,9,10). The van der Waals surface area contributed by atoms with Crippen LogP contribution >= 0.6 is 0 Å². The molecule has 0 radical (unpaired) electrons. The summed E-state index contributed by atoms with van der Waals surface area (Å²) in [5, 5.41) is 23.1. The van der Waals surface area contributed by atoms with E-state index in [9.17, 15) is 10.1 Å². The van der Waals surface area contributed by atoms with Crippen LogP contribution in [0.4, 0.5) is 0 Å². The number of nitrogens with zero attached hydrogens (tertiary/aromatic N) is 4. The van der Waals surface area contributed by atoms with Crippen molar-refractivity contribution in [1.82, 2.24) is 10.2 Å². The van der Waals surface area contributed by atoms with Crippen LogP contribution < -0.4 is 5.32 Å². The summed E-state index contributed by atoms with van der Waals surface area (Å²) in [6.45, 7) is 1.42. The van der Waals surface area contributed by atoms with E-state index in [1.807, 2.05) is 0 Å². The second kappa shape index (κ2) is 5.01. The van der Waals surface area contributed by atoms with Crippen molar-refractivity contribution in [3.05, 3.63) is 10.1 Å². The molecule has 1 heterocycles. The zero-order chi connectivity index (χ0) is 10.4. The summed E-state index contributed by atoms with van der Waals surface area (Å²) in [4.78, 5) is 11.9. The zero-order valence-electron chi connectivity index (χ0n) is 7.64. The lowest BCUT2D eigenvalue weighted by atomic mass is 10.1. The van der Waals surface area contributed by atoms with Gasteiger partial charge in [0.1, 0.15) is 5.10 Å². The van der Waals surface area contributed by atoms with Gasteiger partial charge in [-0.05, 0) is 19.3 Å². The van der Waals surface area contributed by atoms with Gasteiger partial charge in [-0.2, -0.15) is 5.26 Å². The molecular formula is C7H11N5O2. The van der Waals surface area contributed by atoms with Crippen molar-refractivity contribution in [3.8, 4) is 6.19 Å². The highest BCUT2D eigenvalue weighted by atomic mass is 16.7. The topological polar surface area (TPSA) is 94.6 Å². The zero-order valence-corrected chi connectivity index (χ0v) is 7.64. The highest BCUT2D eigenvalue weighted by Gasteiger charge is 2.17. The normalized spacial score (nSPS) is 17.4. The Morgan fingerprint density at radius 3 is 2.64 bits per heavy atom. The molecule has 14 heavy (non-hydrogen) atoms. The summed E-state index contributed by atoms with van der Waals surface area (Å²) in [5.41, 5.74) is 0. The first-order valence-corrected chi connectivity index (χ1v) is 4.37. The van der Waals surface area contributed by atoms with E-state index in [2.05, 4.69) is 10.4 Å². The SMILES string of the molecule is N#CNC(=N[N+](=O)[O-])N1CCCCC1. The third-order valence-corrected chi connectivity index (χ3v) is 2.00. The van der Waals surface area contributed by atoms with Crippen molar-refractivity contribution in [2.45, 2.75) is 19.3 Å². The predicted molar refractivity (Wildman–Crippen MR) is 48.6 cm³/mol. The first-order valence-electron chi connectivity index (χ1n) is 4.37. The molecule has 0 spiro atoms. The second-order valence-electron chi connectivity index (χ2n) is 2.95. The number of piperidine rings is 1. The average Bonchev–Trinajstić information content (AvgIpc) is 2.18. The van der Waals surface area contributed by atoms with Crippen LogP contribution in [-0.2, 0) is 0 Å². The first kappa shape index (κ1) is 10.2. The van der Waals surface area contributed by atoms with E-state index in [1.54, 1.807) is 11.1 Å². The maximum absolute atomic E-state index is 10.2. The van der Waals surface area contributed by atoms with Crippen molar-refractivity contribution in [3.63, 3.8) is 0 Å². The summed E-state index contributed by atoms with van der Waals surface area (Å²) in [5.74, 6) is 0.0391. The van der Waals surface area contributed by atoms with Crippen LogP contribution in [0.15, 0.2) is 5.10 Å². The maximum Gasteiger partial charge on any atom is 0.284 e. The van der Waals surface area contributed by atoms with Crippen LogP contribution in [0.3, 0.4) is 0 Å². The predicted octanol–water partition coefficient (Wildman–Crippen LogP) is 0.0907. The third kappa shape index (κ3) is 2.90. The van der Waals surface area contributed by atoms with Gasteiger partial charge in [-0.25, -0.2) is 10.1 Å². The Balaban J connectivity index is 2.66. The molecule has 0 amide bonds. The second-order valence-corrected chi connectivity index (χ2v) is 2.95. The van der Waals surface area contributed by atoms with Gasteiger partial charge in [-0.3, -0.25) is 5.32 Å². The number of nitriles is 1. The van der Waals surface area contributed by atoms with E-state index in [0.29, 0.717) is 13.1 Å². The van der Waals surface area contributed by atoms with Gasteiger partial charge >= 0.3 is 0 Å². The Morgan fingerprint density at radius 1 is 1.50 bits per heavy atom. The van der Waals surface area contributed by atoms with Crippen LogP contribution in [0.5, 0.6) is 0 Å². The first-order chi connectivity index (χ1) is 6.74. The van der Waals surface area contributed by atoms with Crippen molar-refractivity contribution >= 4 is 5.96 Å². The molecule has 1 N–H and O–H groups in total. The Labute approximate surface area is 81.1 Å². The lowest BCUT2D eigenvalue weighted by Crippen LogP contribution is -2.42. The van der Waals surface area contributed by atoms with Crippen molar-refractivity contribution < 1.29 is 5.03 Å². The number of hydrazone groups is 1. The molecule has 1 aliphatic rings. The summed E-state index contributed by atoms with van der Waals surface area (Å²) >= 11 is 0. The fourth-order valence-corrected chi connectivity index (χ4v) is 1.40. The van der Waals surface area contributed by atoms with E-state index in [-0.39, 0.29) is 5.96 Å². The van der Waals surface area contributed by atoms with Gasteiger partial charge < -0.3 is 4.90 Å². The lowest BCUT2D eigenvalue weighted by molar-refractivity contribution is -0.485. The number of hydrogen-bond acceptors (Lipinski definition) is 3. The lowest BCUT2D eigenvalue weighted by Gasteiger charge is -2.26. The van der Waals surface area contributed by atoms with Crippen LogP contribution in [0.1, 0.15) is 19.3 Å². The van der Waals surface area contributed by atoms with Crippen LogP contribution in [-0.4, -0.2) is 29.0 Å².